The zero-order valence-corrected chi connectivity index (χ0v) is 18.4. The average Bonchev–Trinajstić information content (AvgIpc) is 2.78. The van der Waals surface area contributed by atoms with Gasteiger partial charge in [0.1, 0.15) is 5.82 Å². The van der Waals surface area contributed by atoms with Crippen molar-refractivity contribution in [1.82, 2.24) is 24.8 Å². The second kappa shape index (κ2) is 9.85. The van der Waals surface area contributed by atoms with Gasteiger partial charge in [-0.1, -0.05) is 18.5 Å². The van der Waals surface area contributed by atoms with Crippen LogP contribution < -0.4 is 10.9 Å². The molecule has 0 saturated carbocycles. The topological polar surface area (TPSA) is 63.1 Å². The van der Waals surface area contributed by atoms with Gasteiger partial charge in [-0.05, 0) is 50.0 Å². The molecule has 0 bridgehead atoms. The van der Waals surface area contributed by atoms with E-state index in [0.29, 0.717) is 23.6 Å². The lowest BCUT2D eigenvalue weighted by Gasteiger charge is -2.32. The van der Waals surface area contributed by atoms with Gasteiger partial charge in [-0.25, -0.2) is 4.39 Å². The normalized spacial score (nSPS) is 15.6. The first-order chi connectivity index (χ1) is 15.0. The van der Waals surface area contributed by atoms with Crippen LogP contribution in [0.4, 0.5) is 4.39 Å². The van der Waals surface area contributed by atoms with Crippen molar-refractivity contribution >= 4 is 22.6 Å². The average molecular weight is 444 g/mol. The number of hydrogen-bond acceptors (Lipinski definition) is 5. The van der Waals surface area contributed by atoms with Crippen molar-refractivity contribution in [2.75, 3.05) is 19.6 Å². The molecule has 0 aliphatic carbocycles. The van der Waals surface area contributed by atoms with Crippen LogP contribution >= 0.6 is 11.6 Å². The Morgan fingerprint density at radius 3 is 2.71 bits per heavy atom. The molecule has 0 aromatic carbocycles. The van der Waals surface area contributed by atoms with Crippen LogP contribution in [-0.2, 0) is 19.5 Å². The van der Waals surface area contributed by atoms with Gasteiger partial charge >= 0.3 is 0 Å². The Morgan fingerprint density at radius 1 is 1.16 bits per heavy atom. The van der Waals surface area contributed by atoms with E-state index >= 15 is 0 Å². The lowest BCUT2D eigenvalue weighted by molar-refractivity contribution is 0.191. The molecule has 0 atom stereocenters. The van der Waals surface area contributed by atoms with Crippen molar-refractivity contribution in [3.63, 3.8) is 0 Å². The molecule has 1 saturated heterocycles. The minimum absolute atomic E-state index is 0.127. The molecule has 3 aromatic rings. The summed E-state index contributed by atoms with van der Waals surface area (Å²) in [5.74, 6) is -0.431. The molecule has 1 fully saturated rings. The van der Waals surface area contributed by atoms with Crippen molar-refractivity contribution in [3.8, 4) is 0 Å². The van der Waals surface area contributed by atoms with E-state index in [2.05, 4.69) is 20.2 Å². The highest BCUT2D eigenvalue weighted by Crippen LogP contribution is 2.17. The second-order valence-corrected chi connectivity index (χ2v) is 8.41. The number of aromatic nitrogens is 3. The van der Waals surface area contributed by atoms with E-state index in [9.17, 15) is 9.18 Å². The SMILES string of the molecule is CCc1ncc(CNC2CCN(CCn3c(=O)ccc4ncc(F)cc43)CC2)cc1Cl. The molecule has 0 unspecified atom stereocenters. The monoisotopic (exact) mass is 443 g/mol. The van der Waals surface area contributed by atoms with Gasteiger partial charge in [-0.3, -0.25) is 14.8 Å². The van der Waals surface area contributed by atoms with Gasteiger partial charge in [0.15, 0.2) is 0 Å². The number of pyridine rings is 3. The van der Waals surface area contributed by atoms with Gasteiger partial charge < -0.3 is 14.8 Å². The van der Waals surface area contributed by atoms with Crippen molar-refractivity contribution in [2.24, 2.45) is 0 Å². The number of rotatable bonds is 7. The Bertz CT molecular complexity index is 1110. The number of nitrogens with one attached hydrogen (secondary N) is 1. The van der Waals surface area contributed by atoms with Crippen molar-refractivity contribution < 1.29 is 4.39 Å². The molecule has 31 heavy (non-hydrogen) atoms. The number of piperidine rings is 1. The lowest BCUT2D eigenvalue weighted by Crippen LogP contribution is -2.43. The molecule has 8 heteroatoms. The fraction of sp³-hybridized carbons (Fsp3) is 0.435. The summed E-state index contributed by atoms with van der Waals surface area (Å²) in [7, 11) is 0. The molecule has 6 nitrogen and oxygen atoms in total. The van der Waals surface area contributed by atoms with Crippen molar-refractivity contribution in [2.45, 2.75) is 45.3 Å². The number of halogens is 2. The van der Waals surface area contributed by atoms with Crippen LogP contribution in [0.2, 0.25) is 5.02 Å². The highest BCUT2D eigenvalue weighted by atomic mass is 35.5. The van der Waals surface area contributed by atoms with E-state index in [0.717, 1.165) is 61.7 Å². The Labute approximate surface area is 186 Å². The van der Waals surface area contributed by atoms with E-state index in [4.69, 9.17) is 11.6 Å². The number of aryl methyl sites for hydroxylation is 1. The third-order valence-corrected chi connectivity index (χ3v) is 6.26. The van der Waals surface area contributed by atoms with Gasteiger partial charge in [-0.15, -0.1) is 0 Å². The van der Waals surface area contributed by atoms with Crippen molar-refractivity contribution in [3.05, 3.63) is 69.1 Å². The standard InChI is InChI=1S/C23H27ClFN5O/c1-2-20-19(24)11-16(14-27-20)13-26-18-5-7-29(8-6-18)9-10-30-22-12-17(25)15-28-21(22)3-4-23(30)31/h3-4,11-12,14-15,18,26H,2,5-10,13H2,1H3. The second-order valence-electron chi connectivity index (χ2n) is 8.00. The van der Waals surface area contributed by atoms with E-state index in [1.165, 1.54) is 18.3 Å². The zero-order valence-electron chi connectivity index (χ0n) is 17.7. The molecule has 4 heterocycles. The Balaban J connectivity index is 1.29. The Kier molecular flexibility index (Phi) is 6.95. The lowest BCUT2D eigenvalue weighted by atomic mass is 10.0. The summed E-state index contributed by atoms with van der Waals surface area (Å²) < 4.78 is 15.3. The molecule has 0 spiro atoms. The molecule has 164 valence electrons. The first-order valence-corrected chi connectivity index (χ1v) is 11.2. The maximum absolute atomic E-state index is 13.6. The maximum atomic E-state index is 13.6. The molecule has 0 radical (unpaired) electrons. The third kappa shape index (κ3) is 5.29. The summed E-state index contributed by atoms with van der Waals surface area (Å²) in [4.78, 5) is 23.2. The van der Waals surface area contributed by atoms with Crippen LogP contribution in [-0.4, -0.2) is 45.1 Å². The predicted molar refractivity (Wildman–Crippen MR) is 121 cm³/mol. The summed E-state index contributed by atoms with van der Waals surface area (Å²) in [6.45, 7) is 5.99. The van der Waals surface area contributed by atoms with Gasteiger partial charge in [0.25, 0.3) is 5.56 Å². The molecule has 1 N–H and O–H groups in total. The first kappa shape index (κ1) is 21.9. The summed E-state index contributed by atoms with van der Waals surface area (Å²) in [6.07, 6.45) is 5.98. The highest BCUT2D eigenvalue weighted by molar-refractivity contribution is 6.31. The summed E-state index contributed by atoms with van der Waals surface area (Å²) in [6, 6.07) is 6.96. The van der Waals surface area contributed by atoms with E-state index < -0.39 is 5.82 Å². The molecule has 0 amide bonds. The van der Waals surface area contributed by atoms with Crippen LogP contribution in [0, 0.1) is 5.82 Å². The number of hydrogen-bond donors (Lipinski definition) is 1. The first-order valence-electron chi connectivity index (χ1n) is 10.8. The number of likely N-dealkylation sites (tertiary alicyclic amines) is 1. The molecular formula is C23H27ClFN5O. The molecular weight excluding hydrogens is 417 g/mol. The smallest absolute Gasteiger partial charge is 0.251 e. The quantitative estimate of drug-likeness (QED) is 0.606. The number of fused-ring (bicyclic) bond motifs is 1. The fourth-order valence-corrected chi connectivity index (χ4v) is 4.42. The third-order valence-electron chi connectivity index (χ3n) is 5.94. The van der Waals surface area contributed by atoms with Gasteiger partial charge in [-0.2, -0.15) is 0 Å². The van der Waals surface area contributed by atoms with E-state index in [1.807, 2.05) is 19.2 Å². The fourth-order valence-electron chi connectivity index (χ4n) is 4.10. The van der Waals surface area contributed by atoms with E-state index in [1.54, 1.807) is 10.6 Å². The Hall–Kier alpha value is -2.35. The highest BCUT2D eigenvalue weighted by Gasteiger charge is 2.19. The van der Waals surface area contributed by atoms with Gasteiger partial charge in [0.05, 0.1) is 27.9 Å². The molecule has 3 aromatic heterocycles. The van der Waals surface area contributed by atoms with Crippen LogP contribution in [0.25, 0.3) is 11.0 Å². The summed E-state index contributed by atoms with van der Waals surface area (Å²) in [5.41, 5.74) is 3.08. The minimum Gasteiger partial charge on any atom is -0.310 e. The van der Waals surface area contributed by atoms with Crippen LogP contribution in [0.1, 0.15) is 31.0 Å². The van der Waals surface area contributed by atoms with E-state index in [-0.39, 0.29) is 5.56 Å². The largest absolute Gasteiger partial charge is 0.310 e. The molecule has 4 rings (SSSR count). The zero-order chi connectivity index (χ0) is 21.8. The Morgan fingerprint density at radius 2 is 1.97 bits per heavy atom. The van der Waals surface area contributed by atoms with Crippen LogP contribution in [0.5, 0.6) is 0 Å². The number of nitrogens with zero attached hydrogens (tertiary/aromatic N) is 4. The van der Waals surface area contributed by atoms with Gasteiger partial charge in [0.2, 0.25) is 0 Å². The minimum atomic E-state index is -0.431. The molecule has 1 aliphatic rings. The van der Waals surface area contributed by atoms with Crippen molar-refractivity contribution in [1.29, 1.82) is 0 Å². The maximum Gasteiger partial charge on any atom is 0.251 e. The predicted octanol–water partition coefficient (Wildman–Crippen LogP) is 3.40. The summed E-state index contributed by atoms with van der Waals surface area (Å²) in [5, 5.41) is 4.34. The summed E-state index contributed by atoms with van der Waals surface area (Å²) >= 11 is 6.27. The van der Waals surface area contributed by atoms with Gasteiger partial charge in [0, 0.05) is 44.0 Å². The van der Waals surface area contributed by atoms with Crippen LogP contribution in [0.15, 0.2) is 41.5 Å². The van der Waals surface area contributed by atoms with Crippen LogP contribution in [0.3, 0.4) is 0 Å². The molecule has 1 aliphatic heterocycles.